The van der Waals surface area contributed by atoms with Crippen molar-refractivity contribution in [1.29, 1.82) is 0 Å². The van der Waals surface area contributed by atoms with Crippen molar-refractivity contribution in [2.45, 2.75) is 40.5 Å². The van der Waals surface area contributed by atoms with Crippen molar-refractivity contribution < 1.29 is 34.6 Å². The van der Waals surface area contributed by atoms with Crippen LogP contribution in [0.25, 0.3) is 5.43 Å². The molecule has 0 radical (unpaired) electrons. The van der Waals surface area contributed by atoms with Gasteiger partial charge in [0.2, 0.25) is 0 Å². The van der Waals surface area contributed by atoms with Crippen molar-refractivity contribution in [1.82, 2.24) is 0 Å². The van der Waals surface area contributed by atoms with Gasteiger partial charge in [0, 0.05) is 11.8 Å². The molecule has 1 aliphatic carbocycles. The number of hydrogen-bond acceptors (Lipinski definition) is 1. The number of hydrogen-bond donors (Lipinski definition) is 0. The van der Waals surface area contributed by atoms with Gasteiger partial charge < -0.3 is 18.0 Å². The SMILES string of the molecule is Cc1c(F)c(F)c(F)c([N-]/N=C/c2ccccc2C2C(C)C(C)C(C)C2C)c1F.[CH3-].[Cl][Ti][Cl]. The summed E-state index contributed by atoms with van der Waals surface area (Å²) in [5.74, 6) is -3.86. The Bertz CT molecular complexity index is 931. The van der Waals surface area contributed by atoms with E-state index in [1.54, 1.807) is 0 Å². The van der Waals surface area contributed by atoms with Gasteiger partial charge in [-0.1, -0.05) is 52.0 Å². The minimum absolute atomic E-state index is 0. The molecule has 4 atom stereocenters. The van der Waals surface area contributed by atoms with Crippen molar-refractivity contribution in [2.75, 3.05) is 0 Å². The second-order valence-electron chi connectivity index (χ2n) is 8.24. The van der Waals surface area contributed by atoms with Crippen LogP contribution in [-0.2, 0) is 17.0 Å². The second kappa shape index (κ2) is 13.1. The molecule has 0 N–H and O–H groups in total. The Balaban J connectivity index is 0.00000129. The zero-order valence-electron chi connectivity index (χ0n) is 19.4. The molecule has 0 heterocycles. The summed E-state index contributed by atoms with van der Waals surface area (Å²) >= 11 is -0.556. The van der Waals surface area contributed by atoms with Crippen LogP contribution in [0.5, 0.6) is 0 Å². The molecule has 0 saturated heterocycles. The molecular weight excluding hydrogens is 511 g/mol. The van der Waals surface area contributed by atoms with E-state index in [9.17, 15) is 17.6 Å². The number of rotatable bonds is 4. The minimum atomic E-state index is -1.75. The van der Waals surface area contributed by atoms with Gasteiger partial charge in [0.1, 0.15) is 5.82 Å². The fourth-order valence-corrected chi connectivity index (χ4v) is 4.56. The molecule has 0 spiro atoms. The average molecular weight is 539 g/mol. The molecule has 182 valence electrons. The summed E-state index contributed by atoms with van der Waals surface area (Å²) in [6.07, 6.45) is 1.41. The van der Waals surface area contributed by atoms with Gasteiger partial charge in [-0.2, -0.15) is 0 Å². The number of halogens is 6. The quantitative estimate of drug-likeness (QED) is 0.0705. The van der Waals surface area contributed by atoms with Crippen molar-refractivity contribution in [3.05, 3.63) is 77.1 Å². The first kappa shape index (κ1) is 30.0. The Hall–Kier alpha value is -1.08. The molecule has 1 saturated carbocycles. The van der Waals surface area contributed by atoms with Crippen molar-refractivity contribution >= 4 is 30.5 Å². The van der Waals surface area contributed by atoms with Crippen LogP contribution in [0.1, 0.15) is 50.3 Å². The molecule has 1 fully saturated rings. The third-order valence-electron chi connectivity index (χ3n) is 6.79. The van der Waals surface area contributed by atoms with E-state index in [4.69, 9.17) is 18.6 Å². The van der Waals surface area contributed by atoms with Gasteiger partial charge in [0.15, 0.2) is 17.5 Å². The van der Waals surface area contributed by atoms with Gasteiger partial charge in [-0.25, -0.2) is 17.6 Å². The molecule has 0 bridgehead atoms. The molecule has 9 heteroatoms. The number of nitrogens with zero attached hydrogens (tertiary/aromatic N) is 2. The van der Waals surface area contributed by atoms with Gasteiger partial charge in [-0.05, 0) is 53.3 Å². The summed E-state index contributed by atoms with van der Waals surface area (Å²) in [5.41, 5.74) is 3.85. The van der Waals surface area contributed by atoms with Crippen LogP contribution >= 0.6 is 18.6 Å². The van der Waals surface area contributed by atoms with Crippen LogP contribution in [0.2, 0.25) is 0 Å². The number of benzene rings is 2. The maximum absolute atomic E-state index is 14.1. The monoisotopic (exact) mass is 538 g/mol. The summed E-state index contributed by atoms with van der Waals surface area (Å²) in [7, 11) is 9.78. The Morgan fingerprint density at radius 3 is 1.91 bits per heavy atom. The van der Waals surface area contributed by atoms with Gasteiger partial charge in [-0.15, -0.1) is 0 Å². The third kappa shape index (κ3) is 6.33. The molecule has 2 aromatic carbocycles. The Morgan fingerprint density at radius 2 is 1.36 bits per heavy atom. The van der Waals surface area contributed by atoms with E-state index in [2.05, 4.69) is 38.2 Å². The van der Waals surface area contributed by atoms with Crippen LogP contribution in [-0.4, -0.2) is 6.21 Å². The summed E-state index contributed by atoms with van der Waals surface area (Å²) in [5, 5.41) is 3.80. The average Bonchev–Trinajstić information content (AvgIpc) is 2.97. The van der Waals surface area contributed by atoms with Gasteiger partial charge in [0.25, 0.3) is 0 Å². The van der Waals surface area contributed by atoms with E-state index in [-0.39, 0.29) is 7.43 Å². The molecule has 3 rings (SSSR count). The molecule has 0 aromatic heterocycles. The van der Waals surface area contributed by atoms with E-state index in [1.807, 2.05) is 24.3 Å². The zero-order chi connectivity index (χ0) is 24.2. The van der Waals surface area contributed by atoms with Crippen molar-refractivity contribution in [3.8, 4) is 0 Å². The van der Waals surface area contributed by atoms with Gasteiger partial charge in [0.05, 0.1) is 0 Å². The maximum atomic E-state index is 14.1. The molecule has 4 unspecified atom stereocenters. The Kier molecular flexibility index (Phi) is 11.9. The molecule has 0 amide bonds. The van der Waals surface area contributed by atoms with Crippen molar-refractivity contribution in [3.63, 3.8) is 0 Å². The van der Waals surface area contributed by atoms with Crippen LogP contribution in [0.15, 0.2) is 29.4 Å². The van der Waals surface area contributed by atoms with Gasteiger partial charge in [-0.3, -0.25) is 0 Å². The first-order valence-electron chi connectivity index (χ1n) is 10.2. The van der Waals surface area contributed by atoms with Crippen LogP contribution in [0.3, 0.4) is 0 Å². The fraction of sp³-hybridized carbons (Fsp3) is 0.417. The summed E-state index contributed by atoms with van der Waals surface area (Å²) in [4.78, 5) is 0. The van der Waals surface area contributed by atoms with Crippen molar-refractivity contribution in [2.24, 2.45) is 28.8 Å². The first-order chi connectivity index (χ1) is 15.1. The van der Waals surface area contributed by atoms with Crippen LogP contribution in [0, 0.1) is 61.3 Å². The molecule has 2 nitrogen and oxygen atoms in total. The Labute approximate surface area is 210 Å². The normalized spacial score (nSPS) is 24.2. The molecule has 33 heavy (non-hydrogen) atoms. The van der Waals surface area contributed by atoms with E-state index in [0.29, 0.717) is 29.6 Å². The summed E-state index contributed by atoms with van der Waals surface area (Å²) in [6, 6.07) is 7.71. The third-order valence-corrected chi connectivity index (χ3v) is 6.79. The topological polar surface area (TPSA) is 26.5 Å². The molecular formula is C24H28Cl2F4N2Ti-2. The van der Waals surface area contributed by atoms with Crippen LogP contribution in [0.4, 0.5) is 23.2 Å². The standard InChI is InChI=1S/C23H25F4N2.CH3.2ClH.Ti/c1-11-12(2)14(4)18(13(11)3)17-9-7-6-8-16(17)10-28-29-23-20(25)15(5)19(24)21(26)22(23)27;;;;/h6-14,18H,1-5H3;1H3;2*1H;/q2*-1;;;+2/p-2/b28-10+;;;;. The summed E-state index contributed by atoms with van der Waals surface area (Å²) < 4.78 is 55.1. The Morgan fingerprint density at radius 1 is 0.848 bits per heavy atom. The van der Waals surface area contributed by atoms with E-state index < -0.39 is 51.6 Å². The second-order valence-corrected chi connectivity index (χ2v) is 10.8. The van der Waals surface area contributed by atoms with Crippen LogP contribution < -0.4 is 0 Å². The predicted octanol–water partition coefficient (Wildman–Crippen LogP) is 9.06. The van der Waals surface area contributed by atoms with E-state index in [0.717, 1.165) is 18.1 Å². The summed E-state index contributed by atoms with van der Waals surface area (Å²) in [6.45, 7) is 10.0. The zero-order valence-corrected chi connectivity index (χ0v) is 22.5. The first-order valence-corrected chi connectivity index (χ1v) is 14.5. The predicted molar refractivity (Wildman–Crippen MR) is 126 cm³/mol. The fourth-order valence-electron chi connectivity index (χ4n) is 4.56. The molecule has 2 aromatic rings. The van der Waals surface area contributed by atoms with E-state index in [1.165, 1.54) is 6.21 Å². The van der Waals surface area contributed by atoms with E-state index >= 15 is 0 Å². The molecule has 0 aliphatic heterocycles. The van der Waals surface area contributed by atoms with Gasteiger partial charge >= 0.3 is 35.6 Å². The molecule has 1 aliphatic rings.